The summed E-state index contributed by atoms with van der Waals surface area (Å²) >= 11 is 7.96. The molecule has 0 saturated carbocycles. The molecule has 1 N–H and O–H groups in total. The third-order valence-electron chi connectivity index (χ3n) is 4.80. The van der Waals surface area contributed by atoms with Crippen molar-refractivity contribution in [1.29, 1.82) is 0 Å². The second kappa shape index (κ2) is 8.04. The lowest BCUT2D eigenvalue weighted by Crippen LogP contribution is -2.34. The number of ether oxygens (including phenoxy) is 1. The molecule has 1 aromatic carbocycles. The number of nitrogens with one attached hydrogen (secondary N) is 1. The van der Waals surface area contributed by atoms with Gasteiger partial charge in [0, 0.05) is 36.5 Å². The van der Waals surface area contributed by atoms with E-state index in [1.54, 1.807) is 16.9 Å². The molecule has 150 valence electrons. The zero-order valence-electron chi connectivity index (χ0n) is 16.3. The molecule has 0 fully saturated rings. The van der Waals surface area contributed by atoms with E-state index < -0.39 is 0 Å². The van der Waals surface area contributed by atoms with E-state index in [4.69, 9.17) is 16.3 Å². The van der Waals surface area contributed by atoms with Gasteiger partial charge in [-0.1, -0.05) is 23.4 Å². The standard InChI is InChI=1S/C20H20ClN5O2S/c1-11-6-17(25-26(11)2)19(27)23-10-14-8-13-7-12(9-15(21)18(13)28-14)16-4-5-22-20(24-16)29-3/h4-7,9,14H,8,10H2,1-3H3,(H,23,27)/t14-/m0/s1. The Bertz CT molecular complexity index is 1070. The summed E-state index contributed by atoms with van der Waals surface area (Å²) < 4.78 is 7.65. The second-order valence-electron chi connectivity index (χ2n) is 6.82. The van der Waals surface area contributed by atoms with E-state index in [2.05, 4.69) is 20.4 Å². The lowest BCUT2D eigenvalue weighted by molar-refractivity contribution is 0.0928. The SMILES string of the molecule is CSc1nccc(-c2cc(Cl)c3c(c2)C[C@@H](CNC(=O)c2cc(C)n(C)n2)O3)n1. The van der Waals surface area contributed by atoms with Gasteiger partial charge in [-0.3, -0.25) is 9.48 Å². The molecule has 1 amide bonds. The predicted octanol–water partition coefficient (Wildman–Crippen LogP) is 3.29. The Kier molecular flexibility index (Phi) is 5.47. The number of hydrogen-bond donors (Lipinski definition) is 1. The molecule has 0 saturated heterocycles. The first kappa shape index (κ1) is 19.7. The lowest BCUT2D eigenvalue weighted by Gasteiger charge is -2.11. The maximum Gasteiger partial charge on any atom is 0.271 e. The van der Waals surface area contributed by atoms with E-state index in [0.29, 0.717) is 34.6 Å². The number of amides is 1. The van der Waals surface area contributed by atoms with E-state index in [9.17, 15) is 4.79 Å². The molecule has 0 radical (unpaired) electrons. The first-order valence-electron chi connectivity index (χ1n) is 9.10. The highest BCUT2D eigenvalue weighted by Crippen LogP contribution is 2.39. The Morgan fingerprint density at radius 2 is 2.24 bits per heavy atom. The van der Waals surface area contributed by atoms with Crippen LogP contribution in [0.1, 0.15) is 21.7 Å². The molecule has 4 rings (SSSR count). The van der Waals surface area contributed by atoms with Crippen LogP contribution in [0.3, 0.4) is 0 Å². The van der Waals surface area contributed by atoms with Crippen LogP contribution < -0.4 is 10.1 Å². The maximum atomic E-state index is 12.3. The molecule has 1 aliphatic heterocycles. The molecule has 0 spiro atoms. The molecule has 29 heavy (non-hydrogen) atoms. The van der Waals surface area contributed by atoms with Crippen molar-refractivity contribution < 1.29 is 9.53 Å². The molecular weight excluding hydrogens is 410 g/mol. The smallest absolute Gasteiger partial charge is 0.271 e. The van der Waals surface area contributed by atoms with Gasteiger partial charge in [-0.05, 0) is 37.4 Å². The Morgan fingerprint density at radius 1 is 1.41 bits per heavy atom. The van der Waals surface area contributed by atoms with Crippen molar-refractivity contribution in [2.45, 2.75) is 24.6 Å². The topological polar surface area (TPSA) is 81.9 Å². The summed E-state index contributed by atoms with van der Waals surface area (Å²) in [6.07, 6.45) is 4.15. The van der Waals surface area contributed by atoms with Crippen molar-refractivity contribution in [3.63, 3.8) is 0 Å². The van der Waals surface area contributed by atoms with Gasteiger partial charge in [0.2, 0.25) is 0 Å². The molecule has 1 aliphatic rings. The molecule has 0 unspecified atom stereocenters. The highest BCUT2D eigenvalue weighted by atomic mass is 35.5. The van der Waals surface area contributed by atoms with Crippen LogP contribution >= 0.6 is 23.4 Å². The van der Waals surface area contributed by atoms with Gasteiger partial charge < -0.3 is 10.1 Å². The normalized spacial score (nSPS) is 15.1. The van der Waals surface area contributed by atoms with Crippen molar-refractivity contribution in [3.05, 3.63) is 52.4 Å². The number of carbonyl (C=O) groups excluding carboxylic acids is 1. The lowest BCUT2D eigenvalue weighted by atomic mass is 10.0. The van der Waals surface area contributed by atoms with Gasteiger partial charge >= 0.3 is 0 Å². The Balaban J connectivity index is 1.46. The van der Waals surface area contributed by atoms with Gasteiger partial charge in [-0.2, -0.15) is 5.10 Å². The van der Waals surface area contributed by atoms with Crippen molar-refractivity contribution in [1.82, 2.24) is 25.1 Å². The number of aromatic nitrogens is 4. The molecule has 2 aromatic heterocycles. The fourth-order valence-electron chi connectivity index (χ4n) is 3.22. The number of benzene rings is 1. The fourth-order valence-corrected chi connectivity index (χ4v) is 3.86. The van der Waals surface area contributed by atoms with Crippen LogP contribution in [0, 0.1) is 6.92 Å². The largest absolute Gasteiger partial charge is 0.486 e. The minimum Gasteiger partial charge on any atom is -0.486 e. The molecule has 9 heteroatoms. The Hall–Kier alpha value is -2.58. The summed E-state index contributed by atoms with van der Waals surface area (Å²) in [4.78, 5) is 21.1. The predicted molar refractivity (Wildman–Crippen MR) is 113 cm³/mol. The van der Waals surface area contributed by atoms with Crippen LogP contribution in [0.15, 0.2) is 35.6 Å². The van der Waals surface area contributed by atoms with Crippen molar-refractivity contribution in [3.8, 4) is 17.0 Å². The quantitative estimate of drug-likeness (QED) is 0.495. The average Bonchev–Trinajstić information content (AvgIpc) is 3.29. The molecule has 1 atom stereocenters. The monoisotopic (exact) mass is 429 g/mol. The minimum absolute atomic E-state index is 0.182. The summed E-state index contributed by atoms with van der Waals surface area (Å²) in [5.41, 5.74) is 4.06. The number of rotatable bonds is 5. The first-order chi connectivity index (χ1) is 13.9. The first-order valence-corrected chi connectivity index (χ1v) is 10.7. The van der Waals surface area contributed by atoms with Gasteiger partial charge in [0.05, 0.1) is 17.3 Å². The highest BCUT2D eigenvalue weighted by Gasteiger charge is 2.27. The number of fused-ring (bicyclic) bond motifs is 1. The minimum atomic E-state index is -0.217. The molecule has 7 nitrogen and oxygen atoms in total. The van der Waals surface area contributed by atoms with Crippen LogP contribution in [0.5, 0.6) is 5.75 Å². The summed E-state index contributed by atoms with van der Waals surface area (Å²) in [7, 11) is 1.81. The summed E-state index contributed by atoms with van der Waals surface area (Å²) in [5.74, 6) is 0.452. The van der Waals surface area contributed by atoms with E-state index >= 15 is 0 Å². The summed E-state index contributed by atoms with van der Waals surface area (Å²) in [6.45, 7) is 2.28. The number of thioether (sulfide) groups is 1. The Morgan fingerprint density at radius 3 is 2.97 bits per heavy atom. The van der Waals surface area contributed by atoms with E-state index in [1.165, 1.54) is 11.8 Å². The summed E-state index contributed by atoms with van der Waals surface area (Å²) in [5, 5.41) is 8.34. The van der Waals surface area contributed by atoms with Gasteiger partial charge in [0.25, 0.3) is 5.91 Å². The third kappa shape index (κ3) is 4.09. The third-order valence-corrected chi connectivity index (χ3v) is 5.64. The Labute approximate surface area is 177 Å². The maximum absolute atomic E-state index is 12.3. The van der Waals surface area contributed by atoms with Crippen LogP contribution in [0.2, 0.25) is 5.02 Å². The van der Waals surface area contributed by atoms with Crippen molar-refractivity contribution >= 4 is 29.3 Å². The molecule has 0 aliphatic carbocycles. The number of halogens is 1. The van der Waals surface area contributed by atoms with E-state index in [1.807, 2.05) is 38.4 Å². The van der Waals surface area contributed by atoms with Crippen molar-refractivity contribution in [2.75, 3.05) is 12.8 Å². The van der Waals surface area contributed by atoms with E-state index in [-0.39, 0.29) is 12.0 Å². The molecule has 3 aromatic rings. The number of carbonyl (C=O) groups is 1. The van der Waals surface area contributed by atoms with Crippen LogP contribution in [-0.2, 0) is 13.5 Å². The molecular formula is C20H20ClN5O2S. The number of hydrogen-bond acceptors (Lipinski definition) is 6. The van der Waals surface area contributed by atoms with Crippen molar-refractivity contribution in [2.24, 2.45) is 7.05 Å². The van der Waals surface area contributed by atoms with Crippen LogP contribution in [0.25, 0.3) is 11.3 Å². The number of aryl methyl sites for hydroxylation is 2. The van der Waals surface area contributed by atoms with Gasteiger partial charge in [-0.15, -0.1) is 0 Å². The van der Waals surface area contributed by atoms with Gasteiger partial charge in [-0.25, -0.2) is 9.97 Å². The van der Waals surface area contributed by atoms with E-state index in [0.717, 1.165) is 22.5 Å². The van der Waals surface area contributed by atoms with Gasteiger partial charge in [0.1, 0.15) is 17.5 Å². The average molecular weight is 430 g/mol. The molecule has 0 bridgehead atoms. The fraction of sp³-hybridized carbons (Fsp3) is 0.300. The zero-order valence-corrected chi connectivity index (χ0v) is 17.8. The zero-order chi connectivity index (χ0) is 20.5. The number of nitrogens with zero attached hydrogens (tertiary/aromatic N) is 4. The van der Waals surface area contributed by atoms with Crippen LogP contribution in [-0.4, -0.2) is 44.6 Å². The van der Waals surface area contributed by atoms with Crippen LogP contribution in [0.4, 0.5) is 0 Å². The molecule has 3 heterocycles. The van der Waals surface area contributed by atoms with Gasteiger partial charge in [0.15, 0.2) is 5.16 Å². The second-order valence-corrected chi connectivity index (χ2v) is 8.00. The summed E-state index contributed by atoms with van der Waals surface area (Å²) in [6, 6.07) is 7.51. The highest BCUT2D eigenvalue weighted by molar-refractivity contribution is 7.98.